The molecule has 0 bridgehead atoms. The van der Waals surface area contributed by atoms with E-state index < -0.39 is 0 Å². The van der Waals surface area contributed by atoms with Gasteiger partial charge in [0.05, 0.1) is 18.6 Å². The lowest BCUT2D eigenvalue weighted by Gasteiger charge is -2.31. The van der Waals surface area contributed by atoms with Crippen molar-refractivity contribution in [2.45, 2.75) is 51.8 Å². The number of nitrogens with two attached hydrogens (primary N) is 1. The van der Waals surface area contributed by atoms with Crippen molar-refractivity contribution in [3.8, 4) is 0 Å². The highest BCUT2D eigenvalue weighted by Crippen LogP contribution is 2.19. The Hall–Kier alpha value is -2.12. The molecule has 2 aliphatic heterocycles. The first-order chi connectivity index (χ1) is 14.1. The van der Waals surface area contributed by atoms with E-state index in [-0.39, 0.29) is 17.9 Å². The Balaban J connectivity index is 1.54. The second kappa shape index (κ2) is 11.2. The third kappa shape index (κ3) is 7.01. The lowest BCUT2D eigenvalue weighted by Crippen LogP contribution is -2.41. The minimum atomic E-state index is -0.177. The Kier molecular flexibility index (Phi) is 8.31. The fourth-order valence-corrected chi connectivity index (χ4v) is 4.04. The quantitative estimate of drug-likeness (QED) is 0.455. The van der Waals surface area contributed by atoms with E-state index in [0.29, 0.717) is 6.54 Å². The first-order valence-electron chi connectivity index (χ1n) is 10.9. The number of carbonyl (C=O) groups excluding carboxylic acids is 1. The second-order valence-corrected chi connectivity index (χ2v) is 8.01. The van der Waals surface area contributed by atoms with E-state index in [1.165, 1.54) is 11.1 Å². The highest BCUT2D eigenvalue weighted by atomic mass is 16.5. The van der Waals surface area contributed by atoms with Gasteiger partial charge in [-0.1, -0.05) is 24.3 Å². The summed E-state index contributed by atoms with van der Waals surface area (Å²) in [4.78, 5) is 18.6. The summed E-state index contributed by atoms with van der Waals surface area (Å²) < 4.78 is 5.68. The topological polar surface area (TPSA) is 92.0 Å². The number of likely N-dealkylation sites (tertiary alicyclic amines) is 1. The number of nitrogens with zero attached hydrogens (tertiary/aromatic N) is 2. The van der Waals surface area contributed by atoms with Crippen LogP contribution in [0.4, 0.5) is 0 Å². The second-order valence-electron chi connectivity index (χ2n) is 8.01. The normalized spacial score (nSPS) is 23.1. The molecule has 3 rings (SSSR count). The molecule has 0 aromatic heterocycles. The van der Waals surface area contributed by atoms with E-state index in [9.17, 15) is 4.79 Å². The molecule has 2 atom stereocenters. The Morgan fingerprint density at radius 3 is 2.90 bits per heavy atom. The van der Waals surface area contributed by atoms with Crippen LogP contribution < -0.4 is 16.4 Å². The third-order valence-corrected chi connectivity index (χ3v) is 5.59. The van der Waals surface area contributed by atoms with Gasteiger partial charge in [0.15, 0.2) is 5.96 Å². The number of nitrogens with one attached hydrogen (secondary N) is 2. The van der Waals surface area contributed by atoms with E-state index in [2.05, 4.69) is 46.7 Å². The molecule has 1 amide bonds. The van der Waals surface area contributed by atoms with Crippen molar-refractivity contribution in [1.29, 1.82) is 0 Å². The van der Waals surface area contributed by atoms with Crippen LogP contribution in [0.2, 0.25) is 0 Å². The molecule has 0 aliphatic carbocycles. The van der Waals surface area contributed by atoms with E-state index >= 15 is 0 Å². The van der Waals surface area contributed by atoms with Crippen LogP contribution in [0, 0.1) is 5.92 Å². The number of amides is 1. The van der Waals surface area contributed by atoms with Crippen molar-refractivity contribution >= 4 is 11.9 Å². The highest BCUT2D eigenvalue weighted by molar-refractivity contribution is 5.79. The van der Waals surface area contributed by atoms with Crippen LogP contribution in [-0.4, -0.2) is 55.7 Å². The predicted octanol–water partition coefficient (Wildman–Crippen LogP) is 1.62. The largest absolute Gasteiger partial charge is 0.376 e. The molecule has 2 unspecified atom stereocenters. The minimum absolute atomic E-state index is 0.0193. The lowest BCUT2D eigenvalue weighted by atomic mass is 9.97. The van der Waals surface area contributed by atoms with Crippen molar-refractivity contribution < 1.29 is 9.53 Å². The van der Waals surface area contributed by atoms with Gasteiger partial charge in [-0.2, -0.15) is 0 Å². The molecule has 0 spiro atoms. The molecule has 7 nitrogen and oxygen atoms in total. The zero-order valence-electron chi connectivity index (χ0n) is 17.5. The number of ether oxygens (including phenoxy) is 1. The summed E-state index contributed by atoms with van der Waals surface area (Å²) in [7, 11) is 0. The number of benzene rings is 1. The number of hydrogen-bond donors (Lipinski definition) is 3. The first-order valence-corrected chi connectivity index (χ1v) is 10.9. The fourth-order valence-electron chi connectivity index (χ4n) is 4.04. The fraction of sp³-hybridized carbons (Fsp3) is 0.636. The molecule has 29 heavy (non-hydrogen) atoms. The Bertz CT molecular complexity index is 688. The maximum atomic E-state index is 11.5. The monoisotopic (exact) mass is 401 g/mol. The maximum absolute atomic E-state index is 11.5. The van der Waals surface area contributed by atoms with Gasteiger partial charge >= 0.3 is 0 Å². The molecular weight excluding hydrogens is 366 g/mol. The SMILES string of the molecule is CCNC(=NCc1cccc(CN2CCCC(C(N)=O)C2)c1)NCC1CCCO1. The molecule has 2 fully saturated rings. The van der Waals surface area contributed by atoms with Gasteiger partial charge in [-0.05, 0) is 50.3 Å². The summed E-state index contributed by atoms with van der Waals surface area (Å²) >= 11 is 0. The van der Waals surface area contributed by atoms with Crippen LogP contribution in [-0.2, 0) is 22.6 Å². The maximum Gasteiger partial charge on any atom is 0.221 e. The molecule has 2 aliphatic rings. The molecule has 1 aromatic rings. The van der Waals surface area contributed by atoms with Gasteiger partial charge in [0.25, 0.3) is 0 Å². The van der Waals surface area contributed by atoms with Gasteiger partial charge < -0.3 is 21.1 Å². The first kappa shape index (κ1) is 21.6. The van der Waals surface area contributed by atoms with Crippen LogP contribution in [0.15, 0.2) is 29.3 Å². The number of aliphatic imine (C=N–C) groups is 1. The molecule has 160 valence electrons. The Morgan fingerprint density at radius 2 is 2.14 bits per heavy atom. The van der Waals surface area contributed by atoms with Crippen LogP contribution >= 0.6 is 0 Å². The molecule has 2 saturated heterocycles. The Labute approximate surface area is 174 Å². The summed E-state index contributed by atoms with van der Waals surface area (Å²) in [5.41, 5.74) is 7.93. The lowest BCUT2D eigenvalue weighted by molar-refractivity contribution is -0.123. The molecule has 1 aromatic carbocycles. The van der Waals surface area contributed by atoms with Crippen molar-refractivity contribution in [2.75, 3.05) is 32.8 Å². The van der Waals surface area contributed by atoms with Crippen molar-refractivity contribution in [1.82, 2.24) is 15.5 Å². The van der Waals surface area contributed by atoms with E-state index in [1.807, 2.05) is 0 Å². The molecule has 0 radical (unpaired) electrons. The summed E-state index contributed by atoms with van der Waals surface area (Å²) in [6.45, 7) is 7.80. The summed E-state index contributed by atoms with van der Waals surface area (Å²) in [6, 6.07) is 8.55. The molecular formula is C22H35N5O2. The molecule has 4 N–H and O–H groups in total. The van der Waals surface area contributed by atoms with Crippen LogP contribution in [0.5, 0.6) is 0 Å². The van der Waals surface area contributed by atoms with Crippen molar-refractivity contribution in [3.05, 3.63) is 35.4 Å². The smallest absolute Gasteiger partial charge is 0.221 e. The van der Waals surface area contributed by atoms with Gasteiger partial charge in [-0.3, -0.25) is 9.69 Å². The standard InChI is InChI=1S/C22H35N5O2/c1-2-24-22(26-14-20-9-5-11-29-20)25-13-17-6-3-7-18(12-17)15-27-10-4-8-19(16-27)21(23)28/h3,6-7,12,19-20H,2,4-5,8-11,13-16H2,1H3,(H2,23,28)(H2,24,25,26). The zero-order valence-corrected chi connectivity index (χ0v) is 17.5. The number of guanidine groups is 1. The van der Waals surface area contributed by atoms with Gasteiger partial charge in [0.2, 0.25) is 5.91 Å². The summed E-state index contributed by atoms with van der Waals surface area (Å²) in [5.74, 6) is 0.632. The van der Waals surface area contributed by atoms with Gasteiger partial charge in [-0.15, -0.1) is 0 Å². The number of rotatable bonds is 8. The minimum Gasteiger partial charge on any atom is -0.376 e. The average Bonchev–Trinajstić information content (AvgIpc) is 3.24. The summed E-state index contributed by atoms with van der Waals surface area (Å²) in [6.07, 6.45) is 4.48. The number of primary amides is 1. The summed E-state index contributed by atoms with van der Waals surface area (Å²) in [5, 5.41) is 6.69. The third-order valence-electron chi connectivity index (χ3n) is 5.59. The molecule has 7 heteroatoms. The van der Waals surface area contributed by atoms with Crippen LogP contribution in [0.3, 0.4) is 0 Å². The van der Waals surface area contributed by atoms with Crippen molar-refractivity contribution in [2.24, 2.45) is 16.6 Å². The molecule has 2 heterocycles. The zero-order chi connectivity index (χ0) is 20.5. The van der Waals surface area contributed by atoms with Gasteiger partial charge in [-0.25, -0.2) is 4.99 Å². The number of hydrogen-bond acceptors (Lipinski definition) is 4. The average molecular weight is 402 g/mol. The molecule has 0 saturated carbocycles. The predicted molar refractivity (Wildman–Crippen MR) is 115 cm³/mol. The van der Waals surface area contributed by atoms with E-state index in [4.69, 9.17) is 15.5 Å². The van der Waals surface area contributed by atoms with E-state index in [1.54, 1.807) is 0 Å². The highest BCUT2D eigenvalue weighted by Gasteiger charge is 2.23. The van der Waals surface area contributed by atoms with Gasteiger partial charge in [0.1, 0.15) is 0 Å². The van der Waals surface area contributed by atoms with Crippen LogP contribution in [0.1, 0.15) is 43.7 Å². The van der Waals surface area contributed by atoms with Crippen LogP contribution in [0.25, 0.3) is 0 Å². The van der Waals surface area contributed by atoms with Gasteiger partial charge in [0, 0.05) is 32.8 Å². The number of carbonyl (C=O) groups is 1. The number of piperidine rings is 1. The Morgan fingerprint density at radius 1 is 1.28 bits per heavy atom. The van der Waals surface area contributed by atoms with E-state index in [0.717, 1.165) is 71.0 Å². The van der Waals surface area contributed by atoms with Crippen molar-refractivity contribution in [3.63, 3.8) is 0 Å².